The third-order valence-corrected chi connectivity index (χ3v) is 23.7. The highest BCUT2D eigenvalue weighted by Gasteiger charge is 2.61. The molecule has 1 unspecified atom stereocenters. The summed E-state index contributed by atoms with van der Waals surface area (Å²) >= 11 is 0. The fourth-order valence-corrected chi connectivity index (χ4v) is 18.8. The van der Waals surface area contributed by atoms with Gasteiger partial charge in [-0.05, 0) is 104 Å². The highest BCUT2D eigenvalue weighted by molar-refractivity contribution is 6.77. The monoisotopic (exact) mass is 740 g/mol. The van der Waals surface area contributed by atoms with E-state index in [-0.39, 0.29) is 42.0 Å². The van der Waals surface area contributed by atoms with Gasteiger partial charge in [-0.1, -0.05) is 106 Å². The molecular formula is C43H72O6Si2. The van der Waals surface area contributed by atoms with Crippen LogP contribution in [0.3, 0.4) is 0 Å². The number of rotatable bonds is 16. The van der Waals surface area contributed by atoms with E-state index in [9.17, 15) is 4.79 Å². The van der Waals surface area contributed by atoms with E-state index in [2.05, 4.69) is 100 Å². The topological polar surface area (TPSA) is 63.2 Å². The Balaban J connectivity index is 1.81. The van der Waals surface area contributed by atoms with Crippen molar-refractivity contribution in [3.05, 3.63) is 59.4 Å². The molecule has 2 bridgehead atoms. The number of hydrogen-bond donors (Lipinski definition) is 0. The molecule has 6 nitrogen and oxygen atoms in total. The zero-order chi connectivity index (χ0) is 37.7. The summed E-state index contributed by atoms with van der Waals surface area (Å²) in [6.45, 7) is 30.5. The van der Waals surface area contributed by atoms with Gasteiger partial charge >= 0.3 is 5.97 Å². The Kier molecular flexibility index (Phi) is 14.5. The standard InChI is InChI=1S/C43H72O6Si2/c1-14-50(15-2,16-3)49-43(13)24-20-23-35(28-46-51(30(6)7,31(8)9)32(10)11)26-37-38-33(12)25-36(45-27-34-21-18-17-19-22-34)39(40(38)41(43)48-37)42(44)47-29(4)5/h17-19,21-23,25,29-33,37-41H,14-16,20,24,26-28H2,1-13H3/b35-23+/t33?,37-,38-,39+,40+,41-,43-/m1/s1. The molecule has 51 heavy (non-hydrogen) atoms. The number of esters is 1. The van der Waals surface area contributed by atoms with Gasteiger partial charge in [0.1, 0.15) is 18.3 Å². The summed E-state index contributed by atoms with van der Waals surface area (Å²) in [7, 11) is -4.15. The number of allylic oxidation sites excluding steroid dienone is 2. The van der Waals surface area contributed by atoms with Crippen molar-refractivity contribution in [3.63, 3.8) is 0 Å². The molecule has 1 aromatic rings. The Morgan fingerprint density at radius 2 is 1.51 bits per heavy atom. The zero-order valence-electron chi connectivity index (χ0n) is 34.4. The first kappa shape index (κ1) is 42.0. The Morgan fingerprint density at radius 1 is 0.902 bits per heavy atom. The molecule has 3 aliphatic rings. The second-order valence-corrected chi connectivity index (χ2v) is 27.4. The molecular weight excluding hydrogens is 669 g/mol. The molecule has 288 valence electrons. The Bertz CT molecular complexity index is 1300. The predicted octanol–water partition coefficient (Wildman–Crippen LogP) is 11.4. The number of carbonyl (C=O) groups is 1. The van der Waals surface area contributed by atoms with E-state index in [1.54, 1.807) is 0 Å². The van der Waals surface area contributed by atoms with E-state index in [1.807, 2.05) is 32.0 Å². The summed E-state index contributed by atoms with van der Waals surface area (Å²) in [5.74, 6) is 0.0532. The van der Waals surface area contributed by atoms with Crippen molar-refractivity contribution in [1.29, 1.82) is 0 Å². The molecule has 0 amide bonds. The van der Waals surface area contributed by atoms with Gasteiger partial charge in [0.15, 0.2) is 8.32 Å². The van der Waals surface area contributed by atoms with Crippen LogP contribution in [0.2, 0.25) is 34.8 Å². The van der Waals surface area contributed by atoms with E-state index in [1.165, 1.54) is 5.57 Å². The van der Waals surface area contributed by atoms with E-state index in [4.69, 9.17) is 23.1 Å². The van der Waals surface area contributed by atoms with Crippen molar-refractivity contribution >= 4 is 22.6 Å². The van der Waals surface area contributed by atoms with Gasteiger partial charge in [0.2, 0.25) is 8.32 Å². The van der Waals surface area contributed by atoms with Crippen LogP contribution in [0, 0.1) is 23.7 Å². The van der Waals surface area contributed by atoms with E-state index in [0.717, 1.165) is 48.7 Å². The van der Waals surface area contributed by atoms with Crippen molar-refractivity contribution in [2.24, 2.45) is 23.7 Å². The minimum Gasteiger partial charge on any atom is -0.493 e. The third-order valence-electron chi connectivity index (χ3n) is 12.9. The summed E-state index contributed by atoms with van der Waals surface area (Å²) in [6.07, 6.45) is 6.61. The van der Waals surface area contributed by atoms with Gasteiger partial charge in [-0.2, -0.15) is 0 Å². The number of fused-ring (bicyclic) bond motifs is 5. The molecule has 0 N–H and O–H groups in total. The van der Waals surface area contributed by atoms with Crippen molar-refractivity contribution < 1.29 is 27.9 Å². The van der Waals surface area contributed by atoms with Crippen molar-refractivity contribution in [2.45, 2.75) is 175 Å². The molecule has 2 heterocycles. The highest BCUT2D eigenvalue weighted by Crippen LogP contribution is 2.55. The minimum atomic E-state index is -2.07. The highest BCUT2D eigenvalue weighted by atomic mass is 28.4. The van der Waals surface area contributed by atoms with Crippen molar-refractivity contribution in [1.82, 2.24) is 0 Å². The van der Waals surface area contributed by atoms with Crippen LogP contribution >= 0.6 is 0 Å². The van der Waals surface area contributed by atoms with Crippen LogP contribution in [0.5, 0.6) is 0 Å². The molecule has 1 aliphatic carbocycles. The van der Waals surface area contributed by atoms with Crippen LogP contribution in [0.25, 0.3) is 0 Å². The second-order valence-electron chi connectivity index (χ2n) is 17.3. The number of benzene rings is 1. The van der Waals surface area contributed by atoms with Gasteiger partial charge in [0.25, 0.3) is 0 Å². The zero-order valence-corrected chi connectivity index (χ0v) is 36.4. The summed E-state index contributed by atoms with van der Waals surface area (Å²) in [5, 5.41) is 0. The normalized spacial score (nSPS) is 29.7. The van der Waals surface area contributed by atoms with E-state index in [0.29, 0.717) is 29.8 Å². The summed E-state index contributed by atoms with van der Waals surface area (Å²) < 4.78 is 34.9. The van der Waals surface area contributed by atoms with Crippen LogP contribution in [0.15, 0.2) is 53.8 Å². The first-order chi connectivity index (χ1) is 24.1. The van der Waals surface area contributed by atoms with Gasteiger partial charge in [0, 0.05) is 5.92 Å². The summed E-state index contributed by atoms with van der Waals surface area (Å²) in [5.41, 5.74) is 3.39. The fourth-order valence-electron chi connectivity index (χ4n) is 10.2. The van der Waals surface area contributed by atoms with E-state index >= 15 is 0 Å². The first-order valence-corrected chi connectivity index (χ1v) is 25.0. The van der Waals surface area contributed by atoms with Crippen LogP contribution in [0.4, 0.5) is 0 Å². The van der Waals surface area contributed by atoms with Crippen LogP contribution in [-0.2, 0) is 34.5 Å². The van der Waals surface area contributed by atoms with Gasteiger partial charge in [-0.3, -0.25) is 4.79 Å². The summed E-state index contributed by atoms with van der Waals surface area (Å²) in [4.78, 5) is 14.4. The SMILES string of the molecule is CC[Si](CC)(CC)O[C@]1(C)CC/C=C(/CO[Si](C(C)C)(C(C)C)C(C)C)C[C@H]2O[C@@H]1[C@@H]1[C@@H](C(=O)OC(C)C)C(OCc3ccccc3)=CC(C)[C@@H]12. The Morgan fingerprint density at radius 3 is 2.06 bits per heavy atom. The minimum absolute atomic E-state index is 0.0682. The van der Waals surface area contributed by atoms with Crippen LogP contribution < -0.4 is 0 Å². The molecule has 1 saturated heterocycles. The maximum absolute atomic E-state index is 14.4. The van der Waals surface area contributed by atoms with E-state index < -0.39 is 28.2 Å². The van der Waals surface area contributed by atoms with Gasteiger partial charge in [-0.15, -0.1) is 0 Å². The Hall–Kier alpha value is -1.72. The predicted molar refractivity (Wildman–Crippen MR) is 214 cm³/mol. The summed E-state index contributed by atoms with van der Waals surface area (Å²) in [6, 6.07) is 13.4. The van der Waals surface area contributed by atoms with Crippen molar-refractivity contribution in [2.75, 3.05) is 6.61 Å². The fraction of sp³-hybridized carbons (Fsp3) is 0.744. The lowest BCUT2D eigenvalue weighted by Gasteiger charge is -2.47. The average molecular weight is 741 g/mol. The largest absolute Gasteiger partial charge is 0.493 e. The molecule has 1 aromatic carbocycles. The smallest absolute Gasteiger partial charge is 0.317 e. The molecule has 0 radical (unpaired) electrons. The second kappa shape index (κ2) is 17.6. The number of hydrogen-bond acceptors (Lipinski definition) is 6. The molecule has 7 atom stereocenters. The molecule has 4 rings (SSSR count). The number of carbonyl (C=O) groups excluding carboxylic acids is 1. The lowest BCUT2D eigenvalue weighted by molar-refractivity contribution is -0.160. The maximum atomic E-state index is 14.4. The Labute approximate surface area is 313 Å². The molecule has 8 heteroatoms. The molecule has 2 aliphatic heterocycles. The first-order valence-electron chi connectivity index (χ1n) is 20.3. The number of ether oxygens (including phenoxy) is 3. The lowest BCUT2D eigenvalue weighted by atomic mass is 9.64. The molecule has 0 saturated carbocycles. The maximum Gasteiger partial charge on any atom is 0.317 e. The third kappa shape index (κ3) is 8.99. The van der Waals surface area contributed by atoms with Gasteiger partial charge < -0.3 is 23.1 Å². The van der Waals surface area contributed by atoms with Gasteiger partial charge in [0.05, 0.1) is 30.5 Å². The molecule has 0 aromatic heterocycles. The molecule has 0 spiro atoms. The van der Waals surface area contributed by atoms with Gasteiger partial charge in [-0.25, -0.2) is 0 Å². The average Bonchev–Trinajstić information content (AvgIpc) is 3.48. The van der Waals surface area contributed by atoms with Crippen molar-refractivity contribution in [3.8, 4) is 0 Å². The molecule has 1 fully saturated rings. The quantitative estimate of drug-likeness (QED) is 0.0955. The van der Waals surface area contributed by atoms with Crippen LogP contribution in [-0.4, -0.2) is 53.1 Å². The lowest BCUT2D eigenvalue weighted by Crippen LogP contribution is -2.56. The van der Waals surface area contributed by atoms with Crippen LogP contribution in [0.1, 0.15) is 115 Å².